The molecule has 0 aliphatic heterocycles. The van der Waals surface area contributed by atoms with Crippen molar-refractivity contribution in [3.05, 3.63) is 89.5 Å². The fraction of sp³-hybridized carbons (Fsp3) is 0.0455. The molecule has 0 unspecified atom stereocenters. The Morgan fingerprint density at radius 2 is 1.52 bits per heavy atom. The number of hydrogen-bond donors (Lipinski definition) is 2. The van der Waals surface area contributed by atoms with Crippen molar-refractivity contribution in [3.63, 3.8) is 0 Å². The molecule has 0 radical (unpaired) electrons. The SMILES string of the molecule is COc1ccc(C(=O)Nc2ccccc2C(=O)Nc2cccc(C(=O)[O-])c2)cc1. The van der Waals surface area contributed by atoms with E-state index in [4.69, 9.17) is 4.74 Å². The average Bonchev–Trinajstić information content (AvgIpc) is 2.74. The lowest BCUT2D eigenvalue weighted by Crippen LogP contribution is -2.22. The van der Waals surface area contributed by atoms with Crippen LogP contribution in [0.5, 0.6) is 5.75 Å². The maximum absolute atomic E-state index is 12.7. The van der Waals surface area contributed by atoms with Gasteiger partial charge in [0.15, 0.2) is 0 Å². The van der Waals surface area contributed by atoms with E-state index in [9.17, 15) is 19.5 Å². The smallest absolute Gasteiger partial charge is 0.257 e. The molecule has 0 aliphatic carbocycles. The highest BCUT2D eigenvalue weighted by molar-refractivity contribution is 6.12. The van der Waals surface area contributed by atoms with Gasteiger partial charge in [-0.2, -0.15) is 0 Å². The fourth-order valence-electron chi connectivity index (χ4n) is 2.65. The molecule has 3 aromatic rings. The summed E-state index contributed by atoms with van der Waals surface area (Å²) < 4.78 is 5.07. The van der Waals surface area contributed by atoms with Crippen LogP contribution in [0.4, 0.5) is 11.4 Å². The van der Waals surface area contributed by atoms with Crippen LogP contribution < -0.4 is 20.5 Å². The first-order chi connectivity index (χ1) is 14.0. The number of methoxy groups -OCH3 is 1. The van der Waals surface area contributed by atoms with Crippen LogP contribution in [0.25, 0.3) is 0 Å². The van der Waals surface area contributed by atoms with Crippen LogP contribution in [0.2, 0.25) is 0 Å². The van der Waals surface area contributed by atoms with Gasteiger partial charge in [-0.1, -0.05) is 24.3 Å². The van der Waals surface area contributed by atoms with Crippen molar-refractivity contribution in [2.45, 2.75) is 0 Å². The third kappa shape index (κ3) is 4.78. The second-order valence-electron chi connectivity index (χ2n) is 6.05. The Morgan fingerprint density at radius 1 is 0.793 bits per heavy atom. The van der Waals surface area contributed by atoms with Crippen LogP contribution in [0.1, 0.15) is 31.1 Å². The van der Waals surface area contributed by atoms with Crippen LogP contribution in [-0.2, 0) is 0 Å². The van der Waals surface area contributed by atoms with Gasteiger partial charge < -0.3 is 25.3 Å². The molecule has 0 saturated carbocycles. The fourth-order valence-corrected chi connectivity index (χ4v) is 2.65. The maximum atomic E-state index is 12.7. The van der Waals surface area contributed by atoms with Crippen LogP contribution in [0, 0.1) is 0 Å². The molecule has 0 saturated heterocycles. The van der Waals surface area contributed by atoms with Gasteiger partial charge in [0.25, 0.3) is 11.8 Å². The van der Waals surface area contributed by atoms with Crippen LogP contribution >= 0.6 is 0 Å². The van der Waals surface area contributed by atoms with Gasteiger partial charge in [-0.3, -0.25) is 9.59 Å². The first kappa shape index (κ1) is 19.6. The summed E-state index contributed by atoms with van der Waals surface area (Å²) in [5, 5.41) is 16.3. The quantitative estimate of drug-likeness (QED) is 0.674. The summed E-state index contributed by atoms with van der Waals surface area (Å²) in [4.78, 5) is 36.2. The molecule has 0 atom stereocenters. The molecule has 146 valence electrons. The van der Waals surface area contributed by atoms with Gasteiger partial charge in [0.05, 0.1) is 24.3 Å². The van der Waals surface area contributed by atoms with Crippen molar-refractivity contribution in [1.82, 2.24) is 0 Å². The third-order valence-corrected chi connectivity index (χ3v) is 4.13. The molecule has 2 N–H and O–H groups in total. The zero-order valence-corrected chi connectivity index (χ0v) is 15.5. The summed E-state index contributed by atoms with van der Waals surface area (Å²) in [6.07, 6.45) is 0. The zero-order chi connectivity index (χ0) is 20.8. The predicted molar refractivity (Wildman–Crippen MR) is 106 cm³/mol. The monoisotopic (exact) mass is 389 g/mol. The topological polar surface area (TPSA) is 108 Å². The van der Waals surface area contributed by atoms with Crippen molar-refractivity contribution in [3.8, 4) is 5.75 Å². The minimum absolute atomic E-state index is 0.0520. The van der Waals surface area contributed by atoms with Gasteiger partial charge in [0.2, 0.25) is 0 Å². The Hall–Kier alpha value is -4.13. The number of para-hydroxylation sites is 1. The number of carboxylic acid groups (broad SMARTS) is 1. The standard InChI is InChI=1S/C22H18N2O5/c1-29-17-11-9-14(10-12-17)20(25)24-19-8-3-2-7-18(19)21(26)23-16-6-4-5-15(13-16)22(27)28/h2-13H,1H3,(H,23,26)(H,24,25)(H,27,28)/p-1. The van der Waals surface area contributed by atoms with Crippen molar-refractivity contribution in [2.75, 3.05) is 17.7 Å². The Morgan fingerprint density at radius 3 is 2.21 bits per heavy atom. The number of carbonyl (C=O) groups excluding carboxylic acids is 3. The lowest BCUT2D eigenvalue weighted by atomic mass is 10.1. The minimum atomic E-state index is -1.34. The molecule has 0 aromatic heterocycles. The molecule has 0 spiro atoms. The van der Waals surface area contributed by atoms with Gasteiger partial charge in [-0.25, -0.2) is 0 Å². The largest absolute Gasteiger partial charge is 0.545 e. The Labute approximate surface area is 166 Å². The molecule has 29 heavy (non-hydrogen) atoms. The molecule has 7 heteroatoms. The van der Waals surface area contributed by atoms with Gasteiger partial charge in [-0.15, -0.1) is 0 Å². The number of amides is 2. The summed E-state index contributed by atoms with van der Waals surface area (Å²) >= 11 is 0. The van der Waals surface area contributed by atoms with E-state index in [1.54, 1.807) is 54.6 Å². The molecule has 0 fully saturated rings. The normalized spacial score (nSPS) is 10.1. The summed E-state index contributed by atoms with van der Waals surface area (Å²) in [5.41, 5.74) is 1.20. The number of aromatic carboxylic acids is 1. The highest BCUT2D eigenvalue weighted by Gasteiger charge is 2.14. The molecule has 7 nitrogen and oxygen atoms in total. The van der Waals surface area contributed by atoms with Crippen LogP contribution in [0.3, 0.4) is 0 Å². The summed E-state index contributed by atoms with van der Waals surface area (Å²) in [6.45, 7) is 0. The minimum Gasteiger partial charge on any atom is -0.545 e. The number of hydrogen-bond acceptors (Lipinski definition) is 5. The van der Waals surface area contributed by atoms with Gasteiger partial charge in [0.1, 0.15) is 5.75 Å². The number of rotatable bonds is 6. The van der Waals surface area contributed by atoms with E-state index in [-0.39, 0.29) is 17.0 Å². The Balaban J connectivity index is 1.79. The molecule has 0 bridgehead atoms. The molecule has 3 aromatic carbocycles. The van der Waals surface area contributed by atoms with Crippen molar-refractivity contribution in [2.24, 2.45) is 0 Å². The van der Waals surface area contributed by atoms with Crippen molar-refractivity contribution < 1.29 is 24.2 Å². The number of nitrogens with one attached hydrogen (secondary N) is 2. The number of carbonyl (C=O) groups is 3. The number of ether oxygens (including phenoxy) is 1. The van der Waals surface area contributed by atoms with Crippen molar-refractivity contribution in [1.29, 1.82) is 0 Å². The highest BCUT2D eigenvalue weighted by Crippen LogP contribution is 2.20. The first-order valence-corrected chi connectivity index (χ1v) is 8.65. The van der Waals surface area contributed by atoms with E-state index < -0.39 is 11.9 Å². The maximum Gasteiger partial charge on any atom is 0.257 e. The molecule has 3 rings (SSSR count). The molecular formula is C22H17N2O5-. The molecular weight excluding hydrogens is 372 g/mol. The lowest BCUT2D eigenvalue weighted by molar-refractivity contribution is -0.255. The Kier molecular flexibility index (Phi) is 5.89. The predicted octanol–water partition coefficient (Wildman–Crippen LogP) is 2.56. The summed E-state index contributed by atoms with van der Waals surface area (Å²) in [5.74, 6) is -1.59. The van der Waals surface area contributed by atoms with Gasteiger partial charge in [0, 0.05) is 11.3 Å². The lowest BCUT2D eigenvalue weighted by Gasteiger charge is -2.12. The second kappa shape index (κ2) is 8.71. The third-order valence-electron chi connectivity index (χ3n) is 4.13. The van der Waals surface area contributed by atoms with E-state index in [1.807, 2.05) is 0 Å². The van der Waals surface area contributed by atoms with E-state index >= 15 is 0 Å². The number of benzene rings is 3. The molecule has 0 aliphatic rings. The van der Waals surface area contributed by atoms with Crippen LogP contribution in [-0.4, -0.2) is 24.9 Å². The van der Waals surface area contributed by atoms with Gasteiger partial charge in [-0.05, 0) is 54.1 Å². The second-order valence-corrected chi connectivity index (χ2v) is 6.05. The van der Waals surface area contributed by atoms with E-state index in [1.165, 1.54) is 25.3 Å². The molecule has 0 heterocycles. The highest BCUT2D eigenvalue weighted by atomic mass is 16.5. The number of anilines is 2. The van der Waals surface area contributed by atoms with E-state index in [0.717, 1.165) is 0 Å². The first-order valence-electron chi connectivity index (χ1n) is 8.65. The van der Waals surface area contributed by atoms with E-state index in [2.05, 4.69) is 10.6 Å². The average molecular weight is 389 g/mol. The Bertz CT molecular complexity index is 1060. The summed E-state index contributed by atoms with van der Waals surface area (Å²) in [7, 11) is 1.53. The zero-order valence-electron chi connectivity index (χ0n) is 15.5. The van der Waals surface area contributed by atoms with Crippen LogP contribution in [0.15, 0.2) is 72.8 Å². The molecule has 2 amide bonds. The van der Waals surface area contributed by atoms with Gasteiger partial charge >= 0.3 is 0 Å². The summed E-state index contributed by atoms with van der Waals surface area (Å²) in [6, 6.07) is 18.8. The number of carboxylic acids is 1. The van der Waals surface area contributed by atoms with E-state index in [0.29, 0.717) is 22.7 Å². The van der Waals surface area contributed by atoms with Crippen molar-refractivity contribution >= 4 is 29.2 Å².